The number of benzene rings is 3. The van der Waals surface area contributed by atoms with Crippen molar-refractivity contribution in [2.45, 2.75) is 56.8 Å². The van der Waals surface area contributed by atoms with Crippen molar-refractivity contribution < 1.29 is 24.3 Å². The average molecular weight is 581 g/mol. The van der Waals surface area contributed by atoms with Gasteiger partial charge in [0.15, 0.2) is 11.6 Å². The number of hydrogen-bond acceptors (Lipinski definition) is 4. The summed E-state index contributed by atoms with van der Waals surface area (Å²) in [6.45, 7) is -0.00377. The van der Waals surface area contributed by atoms with Gasteiger partial charge in [-0.1, -0.05) is 78.9 Å². The maximum atomic E-state index is 13.7. The van der Waals surface area contributed by atoms with Crippen LogP contribution in [0.2, 0.25) is 10.0 Å². The van der Waals surface area contributed by atoms with Crippen molar-refractivity contribution in [2.75, 3.05) is 6.54 Å². The molecule has 0 radical (unpaired) electrons. The Kier molecular flexibility index (Phi) is 10.1. The molecule has 208 valence electrons. The Morgan fingerprint density at radius 1 is 0.800 bits per heavy atom. The summed E-state index contributed by atoms with van der Waals surface area (Å²) in [7, 11) is 0. The zero-order chi connectivity index (χ0) is 28.6. The van der Waals surface area contributed by atoms with Crippen LogP contribution in [0.25, 0.3) is 0 Å². The number of amides is 1. The van der Waals surface area contributed by atoms with Crippen molar-refractivity contribution in [3.63, 3.8) is 0 Å². The van der Waals surface area contributed by atoms with Crippen LogP contribution in [-0.4, -0.2) is 35.1 Å². The molecule has 0 heterocycles. The number of carboxylic acid groups (broad SMARTS) is 1. The summed E-state index contributed by atoms with van der Waals surface area (Å²) in [6.07, 6.45) is 5.81. The Balaban J connectivity index is 1.53. The fraction of sp³-hybridized carbons (Fsp3) is 0.312. The van der Waals surface area contributed by atoms with Crippen molar-refractivity contribution in [3.8, 4) is 0 Å². The number of nitrogens with one attached hydrogen (secondary N) is 1. The first-order chi connectivity index (χ1) is 19.2. The lowest BCUT2D eigenvalue weighted by Crippen LogP contribution is -2.26. The Hall–Kier alpha value is -3.48. The molecule has 2 N–H and O–H groups in total. The van der Waals surface area contributed by atoms with E-state index in [2.05, 4.69) is 5.32 Å². The quantitative estimate of drug-likeness (QED) is 0.229. The van der Waals surface area contributed by atoms with Gasteiger partial charge < -0.3 is 10.4 Å². The highest BCUT2D eigenvalue weighted by Crippen LogP contribution is 2.34. The molecule has 1 atom stereocenters. The molecule has 0 aliphatic heterocycles. The van der Waals surface area contributed by atoms with E-state index in [1.807, 2.05) is 24.3 Å². The molecule has 1 fully saturated rings. The maximum Gasteiger partial charge on any atom is 0.305 e. The summed E-state index contributed by atoms with van der Waals surface area (Å²) in [5.74, 6) is -2.23. The molecule has 1 aliphatic rings. The summed E-state index contributed by atoms with van der Waals surface area (Å²) in [6, 6.07) is 18.6. The van der Waals surface area contributed by atoms with E-state index in [9.17, 15) is 19.2 Å². The van der Waals surface area contributed by atoms with Crippen LogP contribution in [0, 0.1) is 0 Å². The number of carboxylic acids is 1. The molecule has 1 saturated carbocycles. The zero-order valence-corrected chi connectivity index (χ0v) is 23.5. The first-order valence-corrected chi connectivity index (χ1v) is 14.2. The van der Waals surface area contributed by atoms with Crippen LogP contribution < -0.4 is 5.32 Å². The third-order valence-corrected chi connectivity index (χ3v) is 7.79. The number of carbonyl (C=O) groups excluding carboxylic acids is 3. The Morgan fingerprint density at radius 2 is 1.38 bits per heavy atom. The van der Waals surface area contributed by atoms with Gasteiger partial charge in [-0.25, -0.2) is 0 Å². The second-order valence-corrected chi connectivity index (χ2v) is 11.1. The number of rotatable bonds is 11. The number of hydrogen-bond donors (Lipinski definition) is 2. The largest absolute Gasteiger partial charge is 0.481 e. The maximum absolute atomic E-state index is 13.7. The molecule has 3 aromatic rings. The van der Waals surface area contributed by atoms with Crippen molar-refractivity contribution in [1.82, 2.24) is 5.32 Å². The Labute approximate surface area is 243 Å². The van der Waals surface area contributed by atoms with Crippen molar-refractivity contribution >= 4 is 46.6 Å². The highest BCUT2D eigenvalue weighted by atomic mass is 35.5. The van der Waals surface area contributed by atoms with Crippen molar-refractivity contribution in [1.29, 1.82) is 0 Å². The van der Waals surface area contributed by atoms with Gasteiger partial charge in [0.2, 0.25) is 0 Å². The molecular weight excluding hydrogens is 549 g/mol. The van der Waals surface area contributed by atoms with Gasteiger partial charge in [0.05, 0.1) is 12.3 Å². The Morgan fingerprint density at radius 3 is 1.98 bits per heavy atom. The van der Waals surface area contributed by atoms with Gasteiger partial charge in [-0.3, -0.25) is 19.2 Å². The molecular formula is C32H31Cl2NO5. The lowest BCUT2D eigenvalue weighted by molar-refractivity contribution is -0.136. The van der Waals surface area contributed by atoms with Crippen LogP contribution in [0.5, 0.6) is 0 Å². The summed E-state index contributed by atoms with van der Waals surface area (Å²) in [5, 5.41) is 12.0. The molecule has 3 aromatic carbocycles. The summed E-state index contributed by atoms with van der Waals surface area (Å²) in [5.41, 5.74) is 2.93. The Bertz CT molecular complexity index is 1360. The van der Waals surface area contributed by atoms with Gasteiger partial charge in [0, 0.05) is 39.7 Å². The van der Waals surface area contributed by atoms with Gasteiger partial charge in [-0.15, -0.1) is 0 Å². The molecule has 0 bridgehead atoms. The smallest absolute Gasteiger partial charge is 0.305 e. The van der Waals surface area contributed by atoms with Gasteiger partial charge in [-0.2, -0.15) is 0 Å². The van der Waals surface area contributed by atoms with Gasteiger partial charge >= 0.3 is 5.97 Å². The van der Waals surface area contributed by atoms with E-state index < -0.39 is 17.8 Å². The number of carbonyl (C=O) groups is 4. The van der Waals surface area contributed by atoms with Crippen LogP contribution >= 0.6 is 23.2 Å². The number of ketones is 2. The number of aliphatic carboxylic acids is 1. The number of Topliss-reactive ketones (excluding diaryl/α,β-unsaturated/α-hetero) is 2. The third kappa shape index (κ3) is 7.80. The first-order valence-electron chi connectivity index (χ1n) is 13.4. The van der Waals surface area contributed by atoms with E-state index in [-0.39, 0.29) is 31.0 Å². The van der Waals surface area contributed by atoms with Gasteiger partial charge in [0.1, 0.15) is 0 Å². The van der Waals surface area contributed by atoms with Crippen LogP contribution in [0.15, 0.2) is 66.7 Å². The van der Waals surface area contributed by atoms with E-state index in [1.54, 1.807) is 18.2 Å². The van der Waals surface area contributed by atoms with Crippen molar-refractivity contribution in [3.05, 3.63) is 105 Å². The normalized spacial score (nSPS) is 14.3. The monoisotopic (exact) mass is 579 g/mol. The molecule has 1 amide bonds. The van der Waals surface area contributed by atoms with Gasteiger partial charge in [0.25, 0.3) is 5.91 Å². The topological polar surface area (TPSA) is 101 Å². The van der Waals surface area contributed by atoms with E-state index in [0.717, 1.165) is 0 Å². The average Bonchev–Trinajstić information content (AvgIpc) is 2.95. The number of halogens is 2. The SMILES string of the molecule is O=C(O)CCNC(=O)c1ccc(C(=O)C(CC(=O)c2ccc(C3CCCCC3)cc2)c2cc(Cl)cc(Cl)c2)cc1. The fourth-order valence-electron chi connectivity index (χ4n) is 5.19. The second kappa shape index (κ2) is 13.7. The molecule has 4 rings (SSSR count). The lowest BCUT2D eigenvalue weighted by atomic mass is 9.83. The first kappa shape index (κ1) is 29.5. The van der Waals surface area contributed by atoms with Crippen molar-refractivity contribution in [2.24, 2.45) is 0 Å². The summed E-state index contributed by atoms with van der Waals surface area (Å²) >= 11 is 12.5. The highest BCUT2D eigenvalue weighted by molar-refractivity contribution is 6.34. The van der Waals surface area contributed by atoms with Crippen LogP contribution in [0.3, 0.4) is 0 Å². The molecule has 6 nitrogen and oxygen atoms in total. The van der Waals surface area contributed by atoms with E-state index in [1.165, 1.54) is 61.9 Å². The molecule has 40 heavy (non-hydrogen) atoms. The molecule has 0 saturated heterocycles. The summed E-state index contributed by atoms with van der Waals surface area (Å²) in [4.78, 5) is 50.1. The minimum Gasteiger partial charge on any atom is -0.481 e. The second-order valence-electron chi connectivity index (χ2n) is 10.2. The van der Waals surface area contributed by atoms with Gasteiger partial charge in [-0.05, 0) is 60.2 Å². The fourth-order valence-corrected chi connectivity index (χ4v) is 5.73. The molecule has 0 aromatic heterocycles. The van der Waals surface area contributed by atoms with Crippen LogP contribution in [0.1, 0.15) is 99.0 Å². The molecule has 1 unspecified atom stereocenters. The predicted octanol–water partition coefficient (Wildman–Crippen LogP) is 7.49. The van der Waals surface area contributed by atoms with Crippen LogP contribution in [-0.2, 0) is 4.79 Å². The molecule has 1 aliphatic carbocycles. The molecule has 8 heteroatoms. The zero-order valence-electron chi connectivity index (χ0n) is 22.0. The predicted molar refractivity (Wildman–Crippen MR) is 156 cm³/mol. The minimum absolute atomic E-state index is 0.00377. The highest BCUT2D eigenvalue weighted by Gasteiger charge is 2.27. The summed E-state index contributed by atoms with van der Waals surface area (Å²) < 4.78 is 0. The third-order valence-electron chi connectivity index (χ3n) is 7.36. The van der Waals surface area contributed by atoms with E-state index >= 15 is 0 Å². The minimum atomic E-state index is -1.01. The van der Waals surface area contributed by atoms with E-state index in [4.69, 9.17) is 28.3 Å². The van der Waals surface area contributed by atoms with Crippen LogP contribution in [0.4, 0.5) is 0 Å². The standard InChI is InChI=1S/C32H31Cl2NO5/c33-26-16-25(17-27(34)18-26)28(19-29(36)22-8-6-21(7-9-22)20-4-2-1-3-5-20)31(39)23-10-12-24(13-11-23)32(40)35-15-14-30(37)38/h6-13,16-18,20,28H,1-5,14-15,19H2,(H,35,40)(H,37,38). The molecule has 0 spiro atoms. The lowest BCUT2D eigenvalue weighted by Gasteiger charge is -2.22. The van der Waals surface area contributed by atoms with E-state index in [0.29, 0.717) is 38.2 Å².